The smallest absolute Gasteiger partial charge is 0.272 e. The van der Waals surface area contributed by atoms with Gasteiger partial charge >= 0.3 is 0 Å². The van der Waals surface area contributed by atoms with Gasteiger partial charge in [0.05, 0.1) is 11.5 Å². The lowest BCUT2D eigenvalue weighted by atomic mass is 10.1. The molecule has 0 aliphatic heterocycles. The molecular weight excluding hydrogens is 364 g/mol. The van der Waals surface area contributed by atoms with Gasteiger partial charge in [-0.05, 0) is 32.0 Å². The van der Waals surface area contributed by atoms with Crippen molar-refractivity contribution in [2.75, 3.05) is 6.61 Å². The molecule has 28 heavy (non-hydrogen) atoms. The standard InChI is InChI=1S/C19H18N4O5/c1-12-4-3-5-14(8-12)19-21-18(28-22-19)10-20-17(24)11-27-15-6-7-16(23(25)26)13(2)9-15/h3-9H,10-11H2,1-2H3,(H,20,24). The zero-order valence-electron chi connectivity index (χ0n) is 15.3. The summed E-state index contributed by atoms with van der Waals surface area (Å²) < 4.78 is 10.5. The van der Waals surface area contributed by atoms with Gasteiger partial charge in [0, 0.05) is 17.2 Å². The number of ether oxygens (including phenoxy) is 1. The number of hydrogen-bond acceptors (Lipinski definition) is 7. The second-order valence-corrected chi connectivity index (χ2v) is 6.15. The highest BCUT2D eigenvalue weighted by Crippen LogP contribution is 2.23. The van der Waals surface area contributed by atoms with Crippen molar-refractivity contribution in [3.8, 4) is 17.1 Å². The van der Waals surface area contributed by atoms with Crippen molar-refractivity contribution in [3.63, 3.8) is 0 Å². The molecule has 1 amide bonds. The van der Waals surface area contributed by atoms with Gasteiger partial charge in [0.1, 0.15) is 5.75 Å². The maximum absolute atomic E-state index is 11.9. The first-order valence-corrected chi connectivity index (χ1v) is 8.46. The molecule has 1 N–H and O–H groups in total. The fourth-order valence-electron chi connectivity index (χ4n) is 2.52. The number of aryl methyl sites for hydroxylation is 2. The average molecular weight is 382 g/mol. The van der Waals surface area contributed by atoms with E-state index in [1.54, 1.807) is 6.92 Å². The van der Waals surface area contributed by atoms with Crippen molar-refractivity contribution in [3.05, 3.63) is 69.6 Å². The number of nitro benzene ring substituents is 1. The van der Waals surface area contributed by atoms with Gasteiger partial charge in [-0.3, -0.25) is 14.9 Å². The molecule has 3 rings (SSSR count). The molecule has 9 nitrogen and oxygen atoms in total. The van der Waals surface area contributed by atoms with Gasteiger partial charge in [0.25, 0.3) is 11.6 Å². The van der Waals surface area contributed by atoms with Crippen LogP contribution in [0.3, 0.4) is 0 Å². The van der Waals surface area contributed by atoms with E-state index in [9.17, 15) is 14.9 Å². The summed E-state index contributed by atoms with van der Waals surface area (Å²) in [5.74, 6) is 0.714. The van der Waals surface area contributed by atoms with E-state index in [0.29, 0.717) is 17.1 Å². The summed E-state index contributed by atoms with van der Waals surface area (Å²) in [6.45, 7) is 3.40. The maximum atomic E-state index is 11.9. The van der Waals surface area contributed by atoms with Gasteiger partial charge < -0.3 is 14.6 Å². The Labute approximate surface area is 160 Å². The summed E-state index contributed by atoms with van der Waals surface area (Å²) in [7, 11) is 0. The van der Waals surface area contributed by atoms with E-state index in [1.165, 1.54) is 18.2 Å². The average Bonchev–Trinajstić information content (AvgIpc) is 3.13. The number of benzene rings is 2. The van der Waals surface area contributed by atoms with Crippen molar-refractivity contribution in [1.82, 2.24) is 15.5 Å². The monoisotopic (exact) mass is 382 g/mol. The van der Waals surface area contributed by atoms with Gasteiger partial charge in [0.2, 0.25) is 11.7 Å². The quantitative estimate of drug-likeness (QED) is 0.492. The van der Waals surface area contributed by atoms with E-state index < -0.39 is 4.92 Å². The van der Waals surface area contributed by atoms with E-state index in [2.05, 4.69) is 15.5 Å². The van der Waals surface area contributed by atoms with Crippen LogP contribution in [0.15, 0.2) is 47.0 Å². The van der Waals surface area contributed by atoms with Crippen molar-refractivity contribution in [1.29, 1.82) is 0 Å². The maximum Gasteiger partial charge on any atom is 0.272 e. The molecule has 9 heteroatoms. The third-order valence-electron chi connectivity index (χ3n) is 3.92. The van der Waals surface area contributed by atoms with Crippen LogP contribution in [0.2, 0.25) is 0 Å². The lowest BCUT2D eigenvalue weighted by Crippen LogP contribution is -2.28. The van der Waals surface area contributed by atoms with E-state index in [4.69, 9.17) is 9.26 Å². The fourth-order valence-corrected chi connectivity index (χ4v) is 2.52. The zero-order valence-corrected chi connectivity index (χ0v) is 15.3. The molecule has 1 aromatic heterocycles. The lowest BCUT2D eigenvalue weighted by Gasteiger charge is -2.07. The van der Waals surface area contributed by atoms with Gasteiger partial charge in [-0.1, -0.05) is 28.9 Å². The van der Waals surface area contributed by atoms with Crippen LogP contribution in [0.5, 0.6) is 5.75 Å². The molecule has 0 unspecified atom stereocenters. The van der Waals surface area contributed by atoms with E-state index in [0.717, 1.165) is 11.1 Å². The Bertz CT molecular complexity index is 1020. The van der Waals surface area contributed by atoms with Gasteiger partial charge in [-0.25, -0.2) is 0 Å². The molecule has 0 fully saturated rings. The highest BCUT2D eigenvalue weighted by atomic mass is 16.6. The van der Waals surface area contributed by atoms with Crippen LogP contribution in [-0.4, -0.2) is 27.6 Å². The van der Waals surface area contributed by atoms with Gasteiger partial charge in [-0.2, -0.15) is 4.98 Å². The molecule has 0 atom stereocenters. The molecule has 0 spiro atoms. The SMILES string of the molecule is Cc1cccc(-c2noc(CNC(=O)COc3ccc([N+](=O)[O-])c(C)c3)n2)c1. The Morgan fingerprint density at radius 2 is 2.07 bits per heavy atom. The van der Waals surface area contributed by atoms with Crippen LogP contribution in [0.4, 0.5) is 5.69 Å². The van der Waals surface area contributed by atoms with Crippen LogP contribution in [0, 0.1) is 24.0 Å². The molecule has 0 aliphatic rings. The number of nitro groups is 1. The zero-order chi connectivity index (χ0) is 20.1. The third kappa shape index (κ3) is 4.70. The van der Waals surface area contributed by atoms with Crippen LogP contribution < -0.4 is 10.1 Å². The number of nitrogens with zero attached hydrogens (tertiary/aromatic N) is 3. The second kappa shape index (κ2) is 8.30. The minimum atomic E-state index is -0.471. The topological polar surface area (TPSA) is 120 Å². The fraction of sp³-hybridized carbons (Fsp3) is 0.211. The Morgan fingerprint density at radius 3 is 2.79 bits per heavy atom. The number of nitrogens with one attached hydrogen (secondary N) is 1. The summed E-state index contributed by atoms with van der Waals surface area (Å²) >= 11 is 0. The van der Waals surface area contributed by atoms with Gasteiger partial charge in [-0.15, -0.1) is 0 Å². The van der Waals surface area contributed by atoms with E-state index in [1.807, 2.05) is 31.2 Å². The molecule has 0 saturated heterocycles. The molecular formula is C19H18N4O5. The normalized spacial score (nSPS) is 10.5. The first kappa shape index (κ1) is 19.0. The first-order chi connectivity index (χ1) is 13.4. The highest BCUT2D eigenvalue weighted by Gasteiger charge is 2.13. The Hall–Kier alpha value is -3.75. The van der Waals surface area contributed by atoms with Crippen molar-refractivity contribution >= 4 is 11.6 Å². The number of carbonyl (C=O) groups is 1. The summed E-state index contributed by atoms with van der Waals surface area (Å²) in [5, 5.41) is 17.3. The molecule has 0 aliphatic carbocycles. The summed E-state index contributed by atoms with van der Waals surface area (Å²) in [4.78, 5) is 26.5. The molecule has 144 valence electrons. The van der Waals surface area contributed by atoms with Crippen molar-refractivity contribution in [2.24, 2.45) is 0 Å². The number of hydrogen-bond donors (Lipinski definition) is 1. The Morgan fingerprint density at radius 1 is 1.25 bits per heavy atom. The minimum Gasteiger partial charge on any atom is -0.484 e. The number of rotatable bonds is 7. The number of amides is 1. The van der Waals surface area contributed by atoms with E-state index >= 15 is 0 Å². The van der Waals surface area contributed by atoms with Crippen molar-refractivity contribution in [2.45, 2.75) is 20.4 Å². The second-order valence-electron chi connectivity index (χ2n) is 6.15. The summed E-state index contributed by atoms with van der Waals surface area (Å²) in [6.07, 6.45) is 0. The molecule has 0 saturated carbocycles. The molecule has 0 bridgehead atoms. The number of aromatic nitrogens is 2. The minimum absolute atomic E-state index is 0.00221. The largest absolute Gasteiger partial charge is 0.484 e. The molecule has 0 radical (unpaired) electrons. The first-order valence-electron chi connectivity index (χ1n) is 8.46. The predicted molar refractivity (Wildman–Crippen MR) is 99.6 cm³/mol. The Balaban J connectivity index is 1.51. The number of carbonyl (C=O) groups excluding carboxylic acids is 1. The van der Waals surface area contributed by atoms with Crippen LogP contribution >= 0.6 is 0 Å². The molecule has 1 heterocycles. The molecule has 2 aromatic carbocycles. The third-order valence-corrected chi connectivity index (χ3v) is 3.92. The van der Waals surface area contributed by atoms with Crippen LogP contribution in [0.1, 0.15) is 17.0 Å². The summed E-state index contributed by atoms with van der Waals surface area (Å²) in [6, 6.07) is 12.0. The van der Waals surface area contributed by atoms with Crippen LogP contribution in [-0.2, 0) is 11.3 Å². The highest BCUT2D eigenvalue weighted by molar-refractivity contribution is 5.77. The van der Waals surface area contributed by atoms with Crippen LogP contribution in [0.25, 0.3) is 11.4 Å². The van der Waals surface area contributed by atoms with E-state index in [-0.39, 0.29) is 30.6 Å². The molecule has 3 aromatic rings. The predicted octanol–water partition coefficient (Wildman–Crippen LogP) is 2.96. The van der Waals surface area contributed by atoms with Crippen molar-refractivity contribution < 1.29 is 19.0 Å². The van der Waals surface area contributed by atoms with Gasteiger partial charge in [0.15, 0.2) is 6.61 Å². The Kier molecular flexibility index (Phi) is 5.64. The lowest BCUT2D eigenvalue weighted by molar-refractivity contribution is -0.385. The summed E-state index contributed by atoms with van der Waals surface area (Å²) in [5.41, 5.74) is 2.36.